The topological polar surface area (TPSA) is 6.48 Å². The molecule has 2 aliphatic carbocycles. The van der Waals surface area contributed by atoms with Gasteiger partial charge in [-0.1, -0.05) is 147 Å². The summed E-state index contributed by atoms with van der Waals surface area (Å²) in [6.07, 6.45) is 9.53. The van der Waals surface area contributed by atoms with Crippen molar-refractivity contribution in [3.63, 3.8) is 0 Å². The standard InChI is InChI=1S/C52H56N2Si2/c1-55(2,3)41-33-29-39(30-34-41)53(49-27-15-19-37-17-7-9-21-43(37)49)51-45-23-11-13-25-47(45)52(48-26-14-12-24-46(48)51)54(40-31-35-42(36-32-40)56(4,5)6)50-28-16-20-38-18-8-10-22-44(38)50/h11-16,19-20,23-36H,7-10,17-18,21-22H2,1-6H3. The SMILES string of the molecule is C[Si](C)(C)c1ccc(N(c2cccc3c2CCCC3)c2c3ccccc3c(N(c3ccc([Si](C)(C)C)cc3)c3cccc4c3CCCC4)c3ccccc23)cc1. The molecule has 0 fully saturated rings. The molecule has 0 aliphatic heterocycles. The third kappa shape index (κ3) is 6.61. The van der Waals surface area contributed by atoms with Crippen molar-refractivity contribution in [2.45, 2.75) is 90.6 Å². The van der Waals surface area contributed by atoms with Crippen molar-refractivity contribution in [3.8, 4) is 0 Å². The van der Waals surface area contributed by atoms with Crippen molar-refractivity contribution in [1.29, 1.82) is 0 Å². The molecule has 0 saturated heterocycles. The maximum Gasteiger partial charge on any atom is 0.0775 e. The summed E-state index contributed by atoms with van der Waals surface area (Å²) in [5.74, 6) is 0. The predicted molar refractivity (Wildman–Crippen MR) is 250 cm³/mol. The average molecular weight is 765 g/mol. The summed E-state index contributed by atoms with van der Waals surface area (Å²) in [5, 5.41) is 8.08. The Morgan fingerprint density at radius 2 is 0.696 bits per heavy atom. The smallest absolute Gasteiger partial charge is 0.0775 e. The van der Waals surface area contributed by atoms with Crippen LogP contribution in [-0.4, -0.2) is 16.1 Å². The van der Waals surface area contributed by atoms with Gasteiger partial charge >= 0.3 is 0 Å². The maximum absolute atomic E-state index is 2.63. The Hall–Kier alpha value is -4.91. The highest BCUT2D eigenvalue weighted by Gasteiger charge is 2.29. The maximum atomic E-state index is 2.63. The fourth-order valence-corrected chi connectivity index (χ4v) is 11.8. The highest BCUT2D eigenvalue weighted by molar-refractivity contribution is 6.89. The van der Waals surface area contributed by atoms with Crippen molar-refractivity contribution in [2.24, 2.45) is 0 Å². The van der Waals surface area contributed by atoms with Crippen LogP contribution in [0.15, 0.2) is 133 Å². The summed E-state index contributed by atoms with van der Waals surface area (Å²) >= 11 is 0. The molecule has 4 heteroatoms. The first-order valence-corrected chi connectivity index (χ1v) is 28.0. The lowest BCUT2D eigenvalue weighted by molar-refractivity contribution is 0.686. The van der Waals surface area contributed by atoms with E-state index >= 15 is 0 Å². The van der Waals surface area contributed by atoms with Crippen LogP contribution in [0.1, 0.15) is 47.9 Å². The highest BCUT2D eigenvalue weighted by atomic mass is 28.3. The third-order valence-corrected chi connectivity index (χ3v) is 16.7. The number of anilines is 6. The molecule has 0 spiro atoms. The summed E-state index contributed by atoms with van der Waals surface area (Å²) in [7, 11) is -2.98. The lowest BCUT2D eigenvalue weighted by Crippen LogP contribution is -2.37. The van der Waals surface area contributed by atoms with E-state index in [2.05, 4.69) is 183 Å². The lowest BCUT2D eigenvalue weighted by atomic mass is 9.88. The molecule has 0 heterocycles. The molecule has 0 N–H and O–H groups in total. The zero-order valence-electron chi connectivity index (χ0n) is 34.3. The Balaban J connectivity index is 1.37. The number of fused-ring (bicyclic) bond motifs is 4. The van der Waals surface area contributed by atoms with Crippen LogP contribution < -0.4 is 20.2 Å². The molecule has 282 valence electrons. The second-order valence-electron chi connectivity index (χ2n) is 18.3. The zero-order chi connectivity index (χ0) is 38.6. The first-order valence-electron chi connectivity index (χ1n) is 21.0. The first kappa shape index (κ1) is 36.7. The molecular formula is C52H56N2Si2. The monoisotopic (exact) mass is 764 g/mol. The summed E-state index contributed by atoms with van der Waals surface area (Å²) in [4.78, 5) is 5.26. The van der Waals surface area contributed by atoms with Gasteiger partial charge in [-0.05, 0) is 110 Å². The van der Waals surface area contributed by atoms with Crippen molar-refractivity contribution >= 4 is 82.2 Å². The van der Waals surface area contributed by atoms with Crippen LogP contribution >= 0.6 is 0 Å². The minimum absolute atomic E-state index is 1.11. The lowest BCUT2D eigenvalue weighted by Gasteiger charge is -2.35. The molecule has 9 rings (SSSR count). The van der Waals surface area contributed by atoms with Gasteiger partial charge in [-0.25, -0.2) is 0 Å². The second kappa shape index (κ2) is 14.5. The normalized spacial score (nSPS) is 14.4. The van der Waals surface area contributed by atoms with Gasteiger partial charge in [0.15, 0.2) is 0 Å². The largest absolute Gasteiger partial charge is 0.309 e. The fraction of sp³-hybridized carbons (Fsp3) is 0.269. The molecule has 7 aromatic carbocycles. The average Bonchev–Trinajstić information content (AvgIpc) is 3.21. The molecule has 56 heavy (non-hydrogen) atoms. The summed E-state index contributed by atoms with van der Waals surface area (Å²) in [5.41, 5.74) is 13.6. The van der Waals surface area contributed by atoms with Crippen LogP contribution in [0.3, 0.4) is 0 Å². The van der Waals surface area contributed by atoms with Crippen LogP contribution in [0.5, 0.6) is 0 Å². The van der Waals surface area contributed by atoms with Gasteiger partial charge in [0.25, 0.3) is 0 Å². The Morgan fingerprint density at radius 3 is 1.04 bits per heavy atom. The first-order chi connectivity index (χ1) is 27.1. The third-order valence-electron chi connectivity index (χ3n) is 12.5. The number of rotatable bonds is 8. The van der Waals surface area contributed by atoms with Gasteiger partial charge in [0.05, 0.1) is 27.5 Å². The Morgan fingerprint density at radius 1 is 0.357 bits per heavy atom. The van der Waals surface area contributed by atoms with Crippen LogP contribution in [0.25, 0.3) is 21.5 Å². The number of hydrogen-bond acceptors (Lipinski definition) is 2. The van der Waals surface area contributed by atoms with Gasteiger partial charge < -0.3 is 9.80 Å². The molecule has 0 atom stereocenters. The molecule has 7 aromatic rings. The zero-order valence-corrected chi connectivity index (χ0v) is 36.3. The van der Waals surface area contributed by atoms with Crippen molar-refractivity contribution in [1.82, 2.24) is 0 Å². The minimum Gasteiger partial charge on any atom is -0.309 e. The van der Waals surface area contributed by atoms with E-state index in [4.69, 9.17) is 0 Å². The summed E-state index contributed by atoms with van der Waals surface area (Å²) < 4.78 is 0. The molecule has 0 amide bonds. The molecular weight excluding hydrogens is 709 g/mol. The fourth-order valence-electron chi connectivity index (χ4n) is 9.50. The molecule has 0 radical (unpaired) electrons. The summed E-state index contributed by atoms with van der Waals surface area (Å²) in [6, 6.07) is 51.8. The van der Waals surface area contributed by atoms with E-state index in [1.807, 2.05) is 0 Å². The number of hydrogen-bond donors (Lipinski definition) is 0. The van der Waals surface area contributed by atoms with E-state index in [0.29, 0.717) is 0 Å². The van der Waals surface area contributed by atoms with Crippen molar-refractivity contribution in [3.05, 3.63) is 156 Å². The van der Waals surface area contributed by atoms with Crippen LogP contribution in [0.4, 0.5) is 34.1 Å². The molecule has 2 nitrogen and oxygen atoms in total. The van der Waals surface area contributed by atoms with E-state index in [-0.39, 0.29) is 0 Å². The quantitative estimate of drug-likeness (QED) is 0.0864. The van der Waals surface area contributed by atoms with Crippen molar-refractivity contribution in [2.75, 3.05) is 9.80 Å². The molecule has 2 aliphatic rings. The van der Waals surface area contributed by atoms with Gasteiger partial charge in [-0.15, -0.1) is 0 Å². The Kier molecular flexibility index (Phi) is 9.54. The van der Waals surface area contributed by atoms with Crippen LogP contribution in [0, 0.1) is 0 Å². The summed E-state index contributed by atoms with van der Waals surface area (Å²) in [6.45, 7) is 14.7. The van der Waals surface area contributed by atoms with Gasteiger partial charge in [-0.3, -0.25) is 0 Å². The Labute approximate surface area is 336 Å². The minimum atomic E-state index is -1.49. The number of benzene rings is 7. The van der Waals surface area contributed by atoms with E-state index in [1.54, 1.807) is 0 Å². The number of nitrogens with zero attached hydrogens (tertiary/aromatic N) is 2. The predicted octanol–water partition coefficient (Wildman–Crippen LogP) is 13.8. The van der Waals surface area contributed by atoms with E-state index in [1.165, 1.54) is 114 Å². The molecule has 0 unspecified atom stereocenters. The van der Waals surface area contributed by atoms with Gasteiger partial charge in [0.1, 0.15) is 0 Å². The van der Waals surface area contributed by atoms with Gasteiger partial charge in [-0.2, -0.15) is 0 Å². The van der Waals surface area contributed by atoms with Gasteiger partial charge in [0, 0.05) is 44.3 Å². The second-order valence-corrected chi connectivity index (χ2v) is 28.5. The van der Waals surface area contributed by atoms with E-state index < -0.39 is 16.1 Å². The molecule has 0 saturated carbocycles. The molecule has 0 aromatic heterocycles. The number of aryl methyl sites for hydroxylation is 2. The Bertz CT molecular complexity index is 2320. The van der Waals surface area contributed by atoms with Crippen LogP contribution in [0.2, 0.25) is 39.3 Å². The van der Waals surface area contributed by atoms with Crippen molar-refractivity contribution < 1.29 is 0 Å². The highest BCUT2D eigenvalue weighted by Crippen LogP contribution is 2.52. The van der Waals surface area contributed by atoms with E-state index in [9.17, 15) is 0 Å². The van der Waals surface area contributed by atoms with E-state index in [0.717, 1.165) is 25.7 Å². The van der Waals surface area contributed by atoms with Gasteiger partial charge in [0.2, 0.25) is 0 Å². The van der Waals surface area contributed by atoms with Crippen LogP contribution in [-0.2, 0) is 25.7 Å². The molecule has 0 bridgehead atoms.